The maximum absolute atomic E-state index is 9.75. The number of rotatable bonds is 4. The number of fused-ring (bicyclic) bond motifs is 1. The van der Waals surface area contributed by atoms with Crippen molar-refractivity contribution >= 4 is 40.9 Å². The van der Waals surface area contributed by atoms with E-state index in [1.807, 2.05) is 11.9 Å². The van der Waals surface area contributed by atoms with Gasteiger partial charge in [0, 0.05) is 19.1 Å². The number of ether oxygens (including phenoxy) is 2. The minimum Gasteiger partial charge on any atom is -0.489 e. The fourth-order valence-corrected chi connectivity index (χ4v) is 5.22. The van der Waals surface area contributed by atoms with Gasteiger partial charge in [-0.05, 0) is 31.9 Å². The maximum atomic E-state index is 9.75. The predicted octanol–water partition coefficient (Wildman–Crippen LogP) is 0.965. The van der Waals surface area contributed by atoms with Crippen LogP contribution in [0.3, 0.4) is 0 Å². The highest BCUT2D eigenvalue weighted by atomic mass is 35.5. The topological polar surface area (TPSA) is 91.2 Å². The molecule has 30 heavy (non-hydrogen) atoms. The van der Waals surface area contributed by atoms with Crippen molar-refractivity contribution in [1.82, 2.24) is 14.9 Å². The van der Waals surface area contributed by atoms with E-state index < -0.39 is 7.12 Å². The van der Waals surface area contributed by atoms with Crippen molar-refractivity contribution in [3.8, 4) is 11.8 Å². The summed E-state index contributed by atoms with van der Waals surface area (Å²) in [6, 6.07) is 1.82. The lowest BCUT2D eigenvalue weighted by atomic mass is 9.79. The second kappa shape index (κ2) is 7.27. The van der Waals surface area contributed by atoms with E-state index in [1.165, 1.54) is 5.57 Å². The molecule has 0 unspecified atom stereocenters. The van der Waals surface area contributed by atoms with Crippen LogP contribution in [0.1, 0.15) is 19.3 Å². The molecule has 0 spiro atoms. The number of anilines is 1. The van der Waals surface area contributed by atoms with Crippen LogP contribution in [0.5, 0.6) is 11.8 Å². The smallest absolute Gasteiger partial charge is 0.489 e. The molecule has 5 rings (SSSR count). The average molecular weight is 431 g/mol. The molecule has 0 bridgehead atoms. The molecule has 4 heterocycles. The quantitative estimate of drug-likeness (QED) is 0.548. The minimum absolute atomic E-state index is 0.0316. The van der Waals surface area contributed by atoms with Crippen LogP contribution >= 0.6 is 11.6 Å². The van der Waals surface area contributed by atoms with Gasteiger partial charge in [-0.25, -0.2) is 0 Å². The second-order valence-corrected chi connectivity index (χ2v) is 8.82. The number of aromatic nitrogens is 2. The van der Waals surface area contributed by atoms with Crippen LogP contribution in [0, 0.1) is 0 Å². The van der Waals surface area contributed by atoms with E-state index >= 15 is 0 Å². The van der Waals surface area contributed by atoms with Gasteiger partial charge in [-0.3, -0.25) is 4.90 Å². The van der Waals surface area contributed by atoms with Crippen molar-refractivity contribution in [2.45, 2.75) is 24.8 Å². The van der Waals surface area contributed by atoms with Crippen LogP contribution in [-0.4, -0.2) is 77.5 Å². The molecule has 158 valence electrons. The Bertz CT molecular complexity index is 1040. The van der Waals surface area contributed by atoms with Gasteiger partial charge in [0.1, 0.15) is 19.0 Å². The first-order valence-electron chi connectivity index (χ1n) is 10.2. The largest absolute Gasteiger partial charge is 0.490 e. The third-order valence-corrected chi connectivity index (χ3v) is 6.78. The first-order valence-corrected chi connectivity index (χ1v) is 10.5. The second-order valence-electron chi connectivity index (χ2n) is 8.44. The summed E-state index contributed by atoms with van der Waals surface area (Å²) in [5.74, 6) is 1.02. The third kappa shape index (κ3) is 3.12. The molecule has 2 saturated heterocycles. The van der Waals surface area contributed by atoms with E-state index in [0.717, 1.165) is 32.4 Å². The molecule has 3 aliphatic rings. The summed E-state index contributed by atoms with van der Waals surface area (Å²) in [7, 11) is 0.186. The normalized spacial score (nSPS) is 23.5. The lowest BCUT2D eigenvalue weighted by Gasteiger charge is -2.31. The first-order chi connectivity index (χ1) is 14.4. The third-order valence-electron chi connectivity index (χ3n) is 6.39. The van der Waals surface area contributed by atoms with E-state index in [0.29, 0.717) is 42.2 Å². The zero-order chi connectivity index (χ0) is 21.0. The monoisotopic (exact) mass is 430 g/mol. The van der Waals surface area contributed by atoms with Crippen LogP contribution in [-0.2, 0) is 0 Å². The molecule has 1 aromatic heterocycles. The molecule has 10 heteroatoms. The van der Waals surface area contributed by atoms with Gasteiger partial charge in [-0.1, -0.05) is 23.8 Å². The number of hydrogen-bond acceptors (Lipinski definition) is 8. The zero-order valence-corrected chi connectivity index (χ0v) is 17.7. The molecule has 0 amide bonds. The van der Waals surface area contributed by atoms with E-state index in [-0.39, 0.29) is 22.0 Å². The summed E-state index contributed by atoms with van der Waals surface area (Å²) < 4.78 is 12.0. The minimum atomic E-state index is -1.74. The summed E-state index contributed by atoms with van der Waals surface area (Å²) in [4.78, 5) is 13.7. The van der Waals surface area contributed by atoms with Crippen LogP contribution in [0.15, 0.2) is 18.2 Å². The van der Waals surface area contributed by atoms with E-state index in [9.17, 15) is 10.0 Å². The van der Waals surface area contributed by atoms with Crippen LogP contribution in [0.4, 0.5) is 5.82 Å². The van der Waals surface area contributed by atoms with Crippen molar-refractivity contribution in [3.63, 3.8) is 0 Å². The van der Waals surface area contributed by atoms with Crippen LogP contribution in [0.2, 0.25) is 5.02 Å². The van der Waals surface area contributed by atoms with Gasteiger partial charge in [-0.2, -0.15) is 9.97 Å². The molecule has 1 aromatic carbocycles. The van der Waals surface area contributed by atoms with E-state index in [4.69, 9.17) is 21.1 Å². The van der Waals surface area contributed by atoms with Gasteiger partial charge < -0.3 is 24.4 Å². The number of nitrogens with zero attached hydrogens (tertiary/aromatic N) is 4. The Labute approximate surface area is 180 Å². The molecule has 0 aliphatic carbocycles. The summed E-state index contributed by atoms with van der Waals surface area (Å²) in [6.07, 6.45) is 3.16. The number of likely N-dealkylation sites (N-methyl/N-ethyl adjacent to an activating group) is 1. The molecule has 0 radical (unpaired) electrons. The Morgan fingerprint density at radius 3 is 3.00 bits per heavy atom. The molecule has 2 N–H and O–H groups in total. The van der Waals surface area contributed by atoms with Gasteiger partial charge in [0.25, 0.3) is 0 Å². The highest BCUT2D eigenvalue weighted by molar-refractivity contribution is 6.63. The van der Waals surface area contributed by atoms with Gasteiger partial charge in [-0.15, -0.1) is 0 Å². The molecule has 2 fully saturated rings. The highest BCUT2D eigenvalue weighted by Crippen LogP contribution is 2.42. The zero-order valence-electron chi connectivity index (χ0n) is 16.9. The molecule has 2 aromatic rings. The Morgan fingerprint density at radius 1 is 1.37 bits per heavy atom. The summed E-state index contributed by atoms with van der Waals surface area (Å²) >= 11 is 6.41. The maximum Gasteiger partial charge on any atom is 0.490 e. The lowest BCUT2D eigenvalue weighted by Crippen LogP contribution is -2.43. The van der Waals surface area contributed by atoms with Gasteiger partial charge in [0.2, 0.25) is 0 Å². The molecule has 0 saturated carbocycles. The fourth-order valence-electron chi connectivity index (χ4n) is 4.92. The predicted molar refractivity (Wildman–Crippen MR) is 116 cm³/mol. The standard InChI is InChI=1S/C20H24BClN4O4/c1-12-9-20(4-3-5-26(20)10-12)11-30-19-23-14-8-13(21(27)28)16(22)17-15(14)18(24-19)25(2)6-7-29-17/h8,27-28H,1,3-7,9-11H2,2H3/t20-/m0/s1. The first kappa shape index (κ1) is 19.9. The SMILES string of the molecule is C=C1CN2CCC[C@@]2(COc2nc3c4c(c(Cl)c(B(O)O)cc4n2)OCCN3C)C1. The van der Waals surface area contributed by atoms with Gasteiger partial charge >= 0.3 is 13.1 Å². The van der Waals surface area contributed by atoms with Gasteiger partial charge in [0.05, 0.1) is 28.0 Å². The number of halogens is 1. The van der Waals surface area contributed by atoms with E-state index in [2.05, 4.69) is 21.4 Å². The average Bonchev–Trinajstić information content (AvgIpc) is 3.16. The van der Waals surface area contributed by atoms with Crippen LogP contribution in [0.25, 0.3) is 10.9 Å². The lowest BCUT2D eigenvalue weighted by molar-refractivity contribution is 0.108. The summed E-state index contributed by atoms with van der Waals surface area (Å²) in [5, 5.41) is 20.3. The highest BCUT2D eigenvalue weighted by Gasteiger charge is 2.46. The Balaban J connectivity index is 1.56. The number of benzene rings is 1. The van der Waals surface area contributed by atoms with Crippen molar-refractivity contribution in [1.29, 1.82) is 0 Å². The van der Waals surface area contributed by atoms with Gasteiger partial charge in [0.15, 0.2) is 5.75 Å². The Morgan fingerprint density at radius 2 is 2.20 bits per heavy atom. The molecule has 1 atom stereocenters. The Hall–Kier alpha value is -2.07. The van der Waals surface area contributed by atoms with E-state index in [1.54, 1.807) is 6.07 Å². The van der Waals surface area contributed by atoms with Crippen LogP contribution < -0.4 is 19.8 Å². The molecular formula is C20H24BClN4O4. The molecule has 8 nitrogen and oxygen atoms in total. The van der Waals surface area contributed by atoms with Crippen molar-refractivity contribution in [3.05, 3.63) is 23.2 Å². The molecule has 3 aliphatic heterocycles. The van der Waals surface area contributed by atoms with Crippen molar-refractivity contribution in [2.75, 3.05) is 44.8 Å². The van der Waals surface area contributed by atoms with Crippen molar-refractivity contribution in [2.24, 2.45) is 0 Å². The number of hydrogen-bond donors (Lipinski definition) is 2. The van der Waals surface area contributed by atoms with Crippen molar-refractivity contribution < 1.29 is 19.5 Å². The Kier molecular flexibility index (Phi) is 4.81. The summed E-state index contributed by atoms with van der Waals surface area (Å²) in [5.41, 5.74) is 1.85. The molecular weight excluding hydrogens is 407 g/mol. The summed E-state index contributed by atoms with van der Waals surface area (Å²) in [6.45, 7) is 7.64. The fraction of sp³-hybridized carbons (Fsp3) is 0.500.